The Morgan fingerprint density at radius 1 is 1.32 bits per heavy atom. The van der Waals surface area contributed by atoms with Gasteiger partial charge in [0.25, 0.3) is 0 Å². The van der Waals surface area contributed by atoms with Crippen LogP contribution in [0.5, 0.6) is 0 Å². The Kier molecular flexibility index (Phi) is 4.51. The average molecular weight is 281 g/mol. The summed E-state index contributed by atoms with van der Waals surface area (Å²) in [5.41, 5.74) is 1.44. The van der Waals surface area contributed by atoms with E-state index in [1.54, 1.807) is 0 Å². The lowest BCUT2D eigenvalue weighted by Crippen LogP contribution is -2.35. The van der Waals surface area contributed by atoms with Crippen molar-refractivity contribution in [2.75, 3.05) is 11.4 Å². The molecule has 0 spiro atoms. The van der Waals surface area contributed by atoms with Crippen LogP contribution >= 0.6 is 11.3 Å². The maximum absolute atomic E-state index is 4.87. The van der Waals surface area contributed by atoms with Gasteiger partial charge in [0, 0.05) is 29.5 Å². The predicted molar refractivity (Wildman–Crippen MR) is 84.1 cm³/mol. The van der Waals surface area contributed by atoms with Crippen molar-refractivity contribution in [2.45, 2.75) is 72.0 Å². The fraction of sp³-hybridized carbons (Fsp3) is 0.800. The minimum atomic E-state index is 0.163. The molecule has 1 aliphatic carbocycles. The van der Waals surface area contributed by atoms with Gasteiger partial charge in [-0.05, 0) is 47.0 Å². The molecule has 0 aliphatic heterocycles. The van der Waals surface area contributed by atoms with Gasteiger partial charge in [0.1, 0.15) is 0 Å². The number of rotatable bonds is 6. The minimum Gasteiger partial charge on any atom is -0.345 e. The summed E-state index contributed by atoms with van der Waals surface area (Å²) < 4.78 is 0. The van der Waals surface area contributed by atoms with Crippen LogP contribution in [0.3, 0.4) is 0 Å². The Bertz CT molecular complexity index is 416. The van der Waals surface area contributed by atoms with Crippen molar-refractivity contribution in [1.82, 2.24) is 10.3 Å². The monoisotopic (exact) mass is 281 g/mol. The smallest absolute Gasteiger partial charge is 0.186 e. The van der Waals surface area contributed by atoms with Gasteiger partial charge in [-0.1, -0.05) is 6.92 Å². The molecule has 1 saturated carbocycles. The molecule has 108 valence electrons. The number of aryl methyl sites for hydroxylation is 1. The van der Waals surface area contributed by atoms with Crippen LogP contribution in [0, 0.1) is 0 Å². The summed E-state index contributed by atoms with van der Waals surface area (Å²) in [5, 5.41) is 4.81. The molecule has 19 heavy (non-hydrogen) atoms. The molecule has 0 saturated heterocycles. The fourth-order valence-electron chi connectivity index (χ4n) is 2.19. The first kappa shape index (κ1) is 14.8. The number of anilines is 1. The third kappa shape index (κ3) is 3.93. The maximum atomic E-state index is 4.87. The number of hydrogen-bond acceptors (Lipinski definition) is 4. The summed E-state index contributed by atoms with van der Waals surface area (Å²) in [5.74, 6) is 0. The lowest BCUT2D eigenvalue weighted by molar-refractivity contribution is 0.425. The van der Waals surface area contributed by atoms with E-state index < -0.39 is 0 Å². The van der Waals surface area contributed by atoms with E-state index in [2.05, 4.69) is 44.8 Å². The van der Waals surface area contributed by atoms with E-state index >= 15 is 0 Å². The largest absolute Gasteiger partial charge is 0.345 e. The van der Waals surface area contributed by atoms with Gasteiger partial charge in [-0.3, -0.25) is 0 Å². The van der Waals surface area contributed by atoms with Crippen LogP contribution in [0.15, 0.2) is 0 Å². The third-order valence-electron chi connectivity index (χ3n) is 3.46. The van der Waals surface area contributed by atoms with Crippen molar-refractivity contribution >= 4 is 16.5 Å². The van der Waals surface area contributed by atoms with E-state index in [9.17, 15) is 0 Å². The Labute approximate surface area is 121 Å². The van der Waals surface area contributed by atoms with Crippen molar-refractivity contribution in [3.8, 4) is 0 Å². The zero-order chi connectivity index (χ0) is 14.0. The summed E-state index contributed by atoms with van der Waals surface area (Å²) in [4.78, 5) is 8.75. The van der Waals surface area contributed by atoms with E-state index in [4.69, 9.17) is 4.98 Å². The highest BCUT2D eigenvalue weighted by molar-refractivity contribution is 7.15. The lowest BCUT2D eigenvalue weighted by atomic mass is 10.1. The van der Waals surface area contributed by atoms with Gasteiger partial charge in [0.05, 0.1) is 5.69 Å². The van der Waals surface area contributed by atoms with Crippen LogP contribution in [0.25, 0.3) is 0 Å². The molecule has 1 aromatic rings. The van der Waals surface area contributed by atoms with Gasteiger partial charge in [-0.25, -0.2) is 4.98 Å². The number of aromatic nitrogens is 1. The number of nitrogens with one attached hydrogen (secondary N) is 1. The molecule has 0 aromatic carbocycles. The van der Waals surface area contributed by atoms with E-state index in [0.717, 1.165) is 25.6 Å². The Hall–Kier alpha value is -0.610. The molecule has 1 aromatic heterocycles. The van der Waals surface area contributed by atoms with Gasteiger partial charge in [-0.2, -0.15) is 0 Å². The second kappa shape index (κ2) is 5.80. The van der Waals surface area contributed by atoms with E-state index in [1.807, 2.05) is 11.3 Å². The number of nitrogens with zero attached hydrogens (tertiary/aromatic N) is 2. The summed E-state index contributed by atoms with van der Waals surface area (Å²) in [7, 11) is 0. The first-order valence-corrected chi connectivity index (χ1v) is 8.26. The molecular formula is C15H27N3S. The van der Waals surface area contributed by atoms with Gasteiger partial charge in [-0.15, -0.1) is 11.3 Å². The molecule has 0 amide bonds. The van der Waals surface area contributed by atoms with Crippen LogP contribution < -0.4 is 10.2 Å². The molecule has 0 unspecified atom stereocenters. The first-order valence-electron chi connectivity index (χ1n) is 7.44. The predicted octanol–water partition coefficient (Wildman–Crippen LogP) is 3.58. The highest BCUT2D eigenvalue weighted by Gasteiger charge is 2.30. The van der Waals surface area contributed by atoms with Crippen LogP contribution in [-0.2, 0) is 13.0 Å². The van der Waals surface area contributed by atoms with Crippen molar-refractivity contribution in [1.29, 1.82) is 0 Å². The normalized spacial score (nSPS) is 15.8. The Morgan fingerprint density at radius 2 is 2.00 bits per heavy atom. The highest BCUT2D eigenvalue weighted by Crippen LogP contribution is 2.35. The molecule has 0 radical (unpaired) electrons. The Balaban J connectivity index is 2.12. The topological polar surface area (TPSA) is 28.2 Å². The Morgan fingerprint density at radius 3 is 2.47 bits per heavy atom. The van der Waals surface area contributed by atoms with Gasteiger partial charge in [0.2, 0.25) is 0 Å². The van der Waals surface area contributed by atoms with Crippen molar-refractivity contribution < 1.29 is 0 Å². The molecule has 1 N–H and O–H groups in total. The van der Waals surface area contributed by atoms with E-state index in [1.165, 1.54) is 28.5 Å². The van der Waals surface area contributed by atoms with Crippen molar-refractivity contribution in [3.63, 3.8) is 0 Å². The standard InChI is InChI=1S/C15H27N3S/c1-6-12-13(10-16-15(3,4)5)19-14(17-12)18(7-2)11-8-9-11/h11,16H,6-10H2,1-5H3. The second-order valence-electron chi connectivity index (χ2n) is 6.34. The van der Waals surface area contributed by atoms with Crippen LogP contribution in [0.4, 0.5) is 5.13 Å². The molecule has 1 fully saturated rings. The minimum absolute atomic E-state index is 0.163. The summed E-state index contributed by atoms with van der Waals surface area (Å²) in [6.45, 7) is 13.1. The number of thiazole rings is 1. The summed E-state index contributed by atoms with van der Waals surface area (Å²) in [6.07, 6.45) is 3.70. The van der Waals surface area contributed by atoms with Crippen molar-refractivity contribution in [3.05, 3.63) is 10.6 Å². The van der Waals surface area contributed by atoms with Gasteiger partial charge < -0.3 is 10.2 Å². The summed E-state index contributed by atoms with van der Waals surface area (Å²) >= 11 is 1.88. The maximum Gasteiger partial charge on any atom is 0.186 e. The highest BCUT2D eigenvalue weighted by atomic mass is 32.1. The van der Waals surface area contributed by atoms with E-state index in [0.29, 0.717) is 0 Å². The van der Waals surface area contributed by atoms with Crippen LogP contribution in [0.1, 0.15) is 58.0 Å². The average Bonchev–Trinajstić information content (AvgIpc) is 3.07. The molecule has 2 rings (SSSR count). The molecule has 4 heteroatoms. The summed E-state index contributed by atoms with van der Waals surface area (Å²) in [6, 6.07) is 0.754. The van der Waals surface area contributed by atoms with Gasteiger partial charge >= 0.3 is 0 Å². The van der Waals surface area contributed by atoms with E-state index in [-0.39, 0.29) is 5.54 Å². The van der Waals surface area contributed by atoms with Gasteiger partial charge in [0.15, 0.2) is 5.13 Å². The zero-order valence-corrected chi connectivity index (χ0v) is 13.7. The molecule has 1 heterocycles. The molecule has 0 atom stereocenters. The third-order valence-corrected chi connectivity index (χ3v) is 4.59. The molecule has 1 aliphatic rings. The molecular weight excluding hydrogens is 254 g/mol. The van der Waals surface area contributed by atoms with Crippen LogP contribution in [0.2, 0.25) is 0 Å². The first-order chi connectivity index (χ1) is 8.94. The SMILES string of the molecule is CCc1nc(N(CC)C2CC2)sc1CNC(C)(C)C. The quantitative estimate of drug-likeness (QED) is 0.864. The number of hydrogen-bond donors (Lipinski definition) is 1. The fourth-order valence-corrected chi connectivity index (χ4v) is 3.41. The van der Waals surface area contributed by atoms with Crippen LogP contribution in [-0.4, -0.2) is 23.1 Å². The zero-order valence-electron chi connectivity index (χ0n) is 12.9. The lowest BCUT2D eigenvalue weighted by Gasteiger charge is -2.20. The van der Waals surface area contributed by atoms with Crippen molar-refractivity contribution in [2.24, 2.45) is 0 Å². The second-order valence-corrected chi connectivity index (χ2v) is 7.40. The molecule has 3 nitrogen and oxygen atoms in total. The molecule has 0 bridgehead atoms.